The molecule has 21 heavy (non-hydrogen) atoms. The Kier molecular flexibility index (Phi) is 4.76. The van der Waals surface area contributed by atoms with E-state index in [0.29, 0.717) is 16.9 Å². The molecule has 112 valence electrons. The third-order valence-corrected chi connectivity index (χ3v) is 4.57. The van der Waals surface area contributed by atoms with E-state index in [9.17, 15) is 12.8 Å². The van der Waals surface area contributed by atoms with Crippen LogP contribution >= 0.6 is 22.3 Å². The van der Waals surface area contributed by atoms with Crippen molar-refractivity contribution in [3.8, 4) is 5.75 Å². The zero-order chi connectivity index (χ0) is 15.6. The van der Waals surface area contributed by atoms with E-state index < -0.39 is 14.9 Å². The molecular formula is C14H11Cl2FO3S. The molecule has 7 heteroatoms. The Balaban J connectivity index is 2.14. The van der Waals surface area contributed by atoms with Gasteiger partial charge in [0.05, 0.1) is 9.92 Å². The molecule has 0 saturated carbocycles. The van der Waals surface area contributed by atoms with Gasteiger partial charge in [0.15, 0.2) is 0 Å². The van der Waals surface area contributed by atoms with E-state index in [1.54, 1.807) is 19.1 Å². The summed E-state index contributed by atoms with van der Waals surface area (Å²) < 4.78 is 41.1. The molecule has 2 aromatic carbocycles. The molecule has 0 bridgehead atoms. The maximum absolute atomic E-state index is 13.0. The molecule has 0 radical (unpaired) electrons. The predicted octanol–water partition coefficient (Wildman–Crippen LogP) is 4.29. The molecule has 0 aliphatic heterocycles. The fourth-order valence-corrected chi connectivity index (χ4v) is 3.18. The molecule has 0 spiro atoms. The van der Waals surface area contributed by atoms with E-state index in [2.05, 4.69) is 0 Å². The van der Waals surface area contributed by atoms with E-state index in [4.69, 9.17) is 27.0 Å². The fraction of sp³-hybridized carbons (Fsp3) is 0.143. The zero-order valence-electron chi connectivity index (χ0n) is 10.9. The molecular weight excluding hydrogens is 338 g/mol. The molecule has 0 N–H and O–H groups in total. The van der Waals surface area contributed by atoms with Crippen LogP contribution in [0.5, 0.6) is 5.75 Å². The maximum atomic E-state index is 13.0. The van der Waals surface area contributed by atoms with Crippen LogP contribution < -0.4 is 4.74 Å². The first kappa shape index (κ1) is 16.1. The number of aryl methyl sites for hydroxylation is 1. The normalized spacial score (nSPS) is 11.4. The summed E-state index contributed by atoms with van der Waals surface area (Å²) in [4.78, 5) is 0.0429. The maximum Gasteiger partial charge on any atom is 0.261 e. The first-order valence-corrected chi connectivity index (χ1v) is 8.58. The fourth-order valence-electron chi connectivity index (χ4n) is 1.78. The quantitative estimate of drug-likeness (QED) is 0.774. The highest BCUT2D eigenvalue weighted by Gasteiger charge is 2.13. The van der Waals surface area contributed by atoms with Crippen molar-refractivity contribution in [1.82, 2.24) is 0 Å². The van der Waals surface area contributed by atoms with Crippen LogP contribution in [0.2, 0.25) is 5.02 Å². The van der Waals surface area contributed by atoms with Gasteiger partial charge in [0.2, 0.25) is 0 Å². The molecule has 0 amide bonds. The van der Waals surface area contributed by atoms with Crippen molar-refractivity contribution < 1.29 is 17.5 Å². The van der Waals surface area contributed by atoms with Crippen LogP contribution in [0.4, 0.5) is 4.39 Å². The minimum Gasteiger partial charge on any atom is -0.489 e. The Bertz CT molecular complexity index is 776. The van der Waals surface area contributed by atoms with Crippen LogP contribution in [0.15, 0.2) is 41.3 Å². The Morgan fingerprint density at radius 3 is 2.48 bits per heavy atom. The van der Waals surface area contributed by atoms with Crippen molar-refractivity contribution in [2.75, 3.05) is 0 Å². The lowest BCUT2D eigenvalue weighted by Crippen LogP contribution is -1.99. The number of rotatable bonds is 4. The van der Waals surface area contributed by atoms with Crippen molar-refractivity contribution in [1.29, 1.82) is 0 Å². The van der Waals surface area contributed by atoms with Gasteiger partial charge in [-0.1, -0.05) is 17.7 Å². The summed E-state index contributed by atoms with van der Waals surface area (Å²) in [6, 6.07) is 8.75. The second-order valence-electron chi connectivity index (χ2n) is 4.40. The van der Waals surface area contributed by atoms with Gasteiger partial charge >= 0.3 is 0 Å². The summed E-state index contributed by atoms with van der Waals surface area (Å²) in [6.45, 7) is 1.81. The highest BCUT2D eigenvalue weighted by Crippen LogP contribution is 2.25. The number of hydrogen-bond acceptors (Lipinski definition) is 3. The van der Waals surface area contributed by atoms with Gasteiger partial charge < -0.3 is 4.74 Å². The number of ether oxygens (including phenoxy) is 1. The molecule has 0 aliphatic carbocycles. The van der Waals surface area contributed by atoms with Crippen LogP contribution in [-0.2, 0) is 15.7 Å². The topological polar surface area (TPSA) is 43.4 Å². The van der Waals surface area contributed by atoms with Crippen molar-refractivity contribution in [3.63, 3.8) is 0 Å². The van der Waals surface area contributed by atoms with Gasteiger partial charge in [-0.05, 0) is 48.4 Å². The minimum absolute atomic E-state index is 0.0239. The molecule has 0 aliphatic rings. The Morgan fingerprint density at radius 1 is 1.19 bits per heavy atom. The smallest absolute Gasteiger partial charge is 0.261 e. The van der Waals surface area contributed by atoms with Crippen molar-refractivity contribution >= 4 is 31.3 Å². The lowest BCUT2D eigenvalue weighted by atomic mass is 10.2. The van der Waals surface area contributed by atoms with Crippen LogP contribution in [0, 0.1) is 12.7 Å². The number of benzene rings is 2. The standard InChI is InChI=1S/C14H11Cl2FO3S/c1-9-6-11(3-5-14(9)21(16,18)19)20-8-10-2-4-13(17)12(15)7-10/h2-7H,8H2,1H3. The van der Waals surface area contributed by atoms with E-state index >= 15 is 0 Å². The summed E-state index contributed by atoms with van der Waals surface area (Å²) in [5.41, 5.74) is 1.19. The van der Waals surface area contributed by atoms with Crippen LogP contribution in [0.1, 0.15) is 11.1 Å². The van der Waals surface area contributed by atoms with Gasteiger partial charge in [0, 0.05) is 10.7 Å². The summed E-state index contributed by atoms with van der Waals surface area (Å²) in [6.07, 6.45) is 0. The third kappa shape index (κ3) is 4.09. The Labute approximate surface area is 131 Å². The first-order valence-electron chi connectivity index (χ1n) is 5.89. The Morgan fingerprint density at radius 2 is 1.90 bits per heavy atom. The molecule has 2 rings (SSSR count). The summed E-state index contributed by atoms with van der Waals surface area (Å²) in [7, 11) is 1.53. The number of hydrogen-bond donors (Lipinski definition) is 0. The predicted molar refractivity (Wildman–Crippen MR) is 80.0 cm³/mol. The zero-order valence-corrected chi connectivity index (χ0v) is 13.3. The van der Waals surface area contributed by atoms with Gasteiger partial charge in [0.1, 0.15) is 18.2 Å². The molecule has 3 nitrogen and oxygen atoms in total. The van der Waals surface area contributed by atoms with E-state index in [1.807, 2.05) is 0 Å². The second kappa shape index (κ2) is 6.22. The molecule has 0 heterocycles. The second-order valence-corrected chi connectivity index (χ2v) is 7.34. The molecule has 0 saturated heterocycles. The average Bonchev–Trinajstić information content (AvgIpc) is 2.39. The largest absolute Gasteiger partial charge is 0.489 e. The van der Waals surface area contributed by atoms with Gasteiger partial charge in [0.25, 0.3) is 9.05 Å². The van der Waals surface area contributed by atoms with Gasteiger partial charge in [-0.15, -0.1) is 0 Å². The highest BCUT2D eigenvalue weighted by atomic mass is 35.7. The first-order chi connectivity index (χ1) is 9.77. The van der Waals surface area contributed by atoms with Crippen LogP contribution in [0.25, 0.3) is 0 Å². The van der Waals surface area contributed by atoms with Crippen LogP contribution in [0.3, 0.4) is 0 Å². The van der Waals surface area contributed by atoms with Gasteiger partial charge in [-0.3, -0.25) is 0 Å². The molecule has 0 fully saturated rings. The van der Waals surface area contributed by atoms with Crippen molar-refractivity contribution in [2.24, 2.45) is 0 Å². The van der Waals surface area contributed by atoms with E-state index in [-0.39, 0.29) is 16.5 Å². The Hall–Kier alpha value is -1.30. The van der Waals surface area contributed by atoms with Crippen molar-refractivity contribution in [2.45, 2.75) is 18.4 Å². The van der Waals surface area contributed by atoms with Gasteiger partial charge in [-0.2, -0.15) is 0 Å². The third-order valence-electron chi connectivity index (χ3n) is 2.80. The monoisotopic (exact) mass is 348 g/mol. The van der Waals surface area contributed by atoms with E-state index in [0.717, 1.165) is 0 Å². The summed E-state index contributed by atoms with van der Waals surface area (Å²) in [5.74, 6) is -0.00931. The summed E-state index contributed by atoms with van der Waals surface area (Å²) in [5, 5.41) is 0.0239. The lowest BCUT2D eigenvalue weighted by molar-refractivity contribution is 0.305. The molecule has 0 aromatic heterocycles. The highest BCUT2D eigenvalue weighted by molar-refractivity contribution is 8.13. The summed E-state index contributed by atoms with van der Waals surface area (Å²) >= 11 is 5.68. The average molecular weight is 349 g/mol. The lowest BCUT2D eigenvalue weighted by Gasteiger charge is -2.09. The minimum atomic E-state index is -3.77. The number of halogens is 3. The molecule has 0 atom stereocenters. The molecule has 0 unspecified atom stereocenters. The SMILES string of the molecule is Cc1cc(OCc2ccc(F)c(Cl)c2)ccc1S(=O)(=O)Cl. The van der Waals surface area contributed by atoms with Crippen LogP contribution in [-0.4, -0.2) is 8.42 Å². The molecule has 2 aromatic rings. The van der Waals surface area contributed by atoms with Gasteiger partial charge in [-0.25, -0.2) is 12.8 Å². The van der Waals surface area contributed by atoms with E-state index in [1.165, 1.54) is 24.3 Å². The van der Waals surface area contributed by atoms with Crippen molar-refractivity contribution in [3.05, 3.63) is 58.4 Å².